The fraction of sp³-hybridized carbons (Fsp3) is 0.636. The molecule has 6 nitrogen and oxygen atoms in total. The number of piperazine rings is 1. The number of likely N-dealkylation sites (tertiary alicyclic amines) is 1. The van der Waals surface area contributed by atoms with Gasteiger partial charge in [-0.15, -0.1) is 0 Å². The average Bonchev–Trinajstić information content (AvgIpc) is 3.15. The number of hydrogen-bond acceptors (Lipinski definition) is 4. The van der Waals surface area contributed by atoms with Crippen LogP contribution in [0.15, 0.2) is 18.2 Å². The molecule has 3 aliphatic heterocycles. The second-order valence-electron chi connectivity index (χ2n) is 8.73. The second kappa shape index (κ2) is 8.11. The van der Waals surface area contributed by atoms with Crippen molar-refractivity contribution in [2.75, 3.05) is 52.4 Å². The van der Waals surface area contributed by atoms with E-state index in [-0.39, 0.29) is 11.8 Å². The zero-order valence-electron chi connectivity index (χ0n) is 17.0. The Kier molecular flexibility index (Phi) is 5.58. The third kappa shape index (κ3) is 4.17. The predicted molar refractivity (Wildman–Crippen MR) is 108 cm³/mol. The Morgan fingerprint density at radius 3 is 2.46 bits per heavy atom. The summed E-state index contributed by atoms with van der Waals surface area (Å²) in [5.41, 5.74) is 1.87. The Morgan fingerprint density at radius 1 is 1.04 bits per heavy atom. The van der Waals surface area contributed by atoms with Crippen LogP contribution in [-0.4, -0.2) is 78.9 Å². The van der Waals surface area contributed by atoms with E-state index in [0.29, 0.717) is 38.1 Å². The topological polar surface area (TPSA) is 53.1 Å². The summed E-state index contributed by atoms with van der Waals surface area (Å²) >= 11 is 0. The summed E-state index contributed by atoms with van der Waals surface area (Å²) in [5.74, 6) is 2.39. The summed E-state index contributed by atoms with van der Waals surface area (Å²) < 4.78 is 5.53. The highest BCUT2D eigenvalue weighted by atomic mass is 16.5. The lowest BCUT2D eigenvalue weighted by Gasteiger charge is -2.38. The van der Waals surface area contributed by atoms with Gasteiger partial charge in [-0.05, 0) is 42.0 Å². The highest BCUT2D eigenvalue weighted by Crippen LogP contribution is 2.26. The normalized spacial score (nSPS) is 25.4. The molecule has 2 fully saturated rings. The first-order valence-corrected chi connectivity index (χ1v) is 10.5. The Bertz CT molecular complexity index is 733. The molecule has 4 rings (SSSR count). The Morgan fingerprint density at radius 2 is 1.75 bits per heavy atom. The second-order valence-corrected chi connectivity index (χ2v) is 8.73. The molecule has 0 spiro atoms. The largest absolute Gasteiger partial charge is 0.493 e. The minimum Gasteiger partial charge on any atom is -0.493 e. The van der Waals surface area contributed by atoms with E-state index in [0.717, 1.165) is 49.5 Å². The third-order valence-corrected chi connectivity index (χ3v) is 6.18. The van der Waals surface area contributed by atoms with Crippen LogP contribution in [0.4, 0.5) is 0 Å². The lowest BCUT2D eigenvalue weighted by molar-refractivity contribution is -0.135. The third-order valence-electron chi connectivity index (χ3n) is 6.18. The van der Waals surface area contributed by atoms with Gasteiger partial charge in [0.05, 0.1) is 13.2 Å². The number of fused-ring (bicyclic) bond motifs is 1. The zero-order chi connectivity index (χ0) is 19.7. The van der Waals surface area contributed by atoms with Crippen LogP contribution in [0.2, 0.25) is 0 Å². The summed E-state index contributed by atoms with van der Waals surface area (Å²) in [6.45, 7) is 10.2. The SMILES string of the molecule is C[C@@H]1C[C@@H](C)CN(C(=O)CN2CCN(C(=O)c3ccc4c(c3)CCO4)CC2)C1. The molecule has 0 aromatic heterocycles. The molecule has 2 atom stereocenters. The van der Waals surface area contributed by atoms with Gasteiger partial charge in [0.1, 0.15) is 5.75 Å². The van der Waals surface area contributed by atoms with Crippen LogP contribution in [0.3, 0.4) is 0 Å². The van der Waals surface area contributed by atoms with Crippen molar-refractivity contribution in [2.24, 2.45) is 11.8 Å². The fourth-order valence-corrected chi connectivity index (χ4v) is 4.77. The van der Waals surface area contributed by atoms with Gasteiger partial charge in [0.2, 0.25) is 5.91 Å². The van der Waals surface area contributed by atoms with Crippen molar-refractivity contribution in [2.45, 2.75) is 26.7 Å². The maximum Gasteiger partial charge on any atom is 0.253 e. The van der Waals surface area contributed by atoms with Crippen LogP contribution in [0.1, 0.15) is 36.2 Å². The molecule has 2 saturated heterocycles. The van der Waals surface area contributed by atoms with Crippen molar-refractivity contribution in [3.8, 4) is 5.75 Å². The van der Waals surface area contributed by atoms with E-state index in [1.165, 1.54) is 6.42 Å². The lowest BCUT2D eigenvalue weighted by Crippen LogP contribution is -2.53. The standard InChI is InChI=1S/C22H31N3O3/c1-16-11-17(2)14-25(13-16)21(26)15-23-6-8-24(9-7-23)22(27)19-3-4-20-18(12-19)5-10-28-20/h3-4,12,16-17H,5-11,13-15H2,1-2H3/t16-,17-/m1/s1. The fourth-order valence-electron chi connectivity index (χ4n) is 4.77. The monoisotopic (exact) mass is 385 g/mol. The molecule has 1 aromatic rings. The van der Waals surface area contributed by atoms with Gasteiger partial charge in [0.15, 0.2) is 0 Å². The highest BCUT2D eigenvalue weighted by Gasteiger charge is 2.28. The Labute approximate surface area is 167 Å². The van der Waals surface area contributed by atoms with Crippen molar-refractivity contribution in [1.29, 1.82) is 0 Å². The zero-order valence-corrected chi connectivity index (χ0v) is 17.0. The molecular formula is C22H31N3O3. The maximum atomic E-state index is 12.8. The van der Waals surface area contributed by atoms with Crippen LogP contribution >= 0.6 is 0 Å². The molecule has 0 N–H and O–H groups in total. The molecule has 1 aromatic carbocycles. The lowest BCUT2D eigenvalue weighted by atomic mass is 9.92. The van der Waals surface area contributed by atoms with Crippen LogP contribution in [-0.2, 0) is 11.2 Å². The molecule has 6 heteroatoms. The summed E-state index contributed by atoms with van der Waals surface area (Å²) in [4.78, 5) is 31.7. The molecule has 0 bridgehead atoms. The smallest absolute Gasteiger partial charge is 0.253 e. The van der Waals surface area contributed by atoms with Crippen molar-refractivity contribution in [1.82, 2.24) is 14.7 Å². The van der Waals surface area contributed by atoms with Crippen LogP contribution in [0.5, 0.6) is 5.75 Å². The minimum atomic E-state index is 0.0827. The van der Waals surface area contributed by atoms with Gasteiger partial charge in [-0.2, -0.15) is 0 Å². The Balaban J connectivity index is 1.28. The van der Waals surface area contributed by atoms with E-state index in [1.807, 2.05) is 28.0 Å². The number of amides is 2. The first kappa shape index (κ1) is 19.2. The van der Waals surface area contributed by atoms with Crippen molar-refractivity contribution in [3.63, 3.8) is 0 Å². The van der Waals surface area contributed by atoms with Crippen molar-refractivity contribution < 1.29 is 14.3 Å². The van der Waals surface area contributed by atoms with Gasteiger partial charge in [-0.25, -0.2) is 0 Å². The predicted octanol–water partition coefficient (Wildman–Crippen LogP) is 1.88. The molecule has 28 heavy (non-hydrogen) atoms. The van der Waals surface area contributed by atoms with Gasteiger partial charge in [-0.1, -0.05) is 13.8 Å². The van der Waals surface area contributed by atoms with E-state index in [9.17, 15) is 9.59 Å². The Hall–Kier alpha value is -2.08. The number of ether oxygens (including phenoxy) is 1. The van der Waals surface area contributed by atoms with Gasteiger partial charge in [0.25, 0.3) is 5.91 Å². The van der Waals surface area contributed by atoms with Gasteiger partial charge in [0, 0.05) is 51.3 Å². The number of hydrogen-bond donors (Lipinski definition) is 0. The maximum absolute atomic E-state index is 12.8. The highest BCUT2D eigenvalue weighted by molar-refractivity contribution is 5.94. The van der Waals surface area contributed by atoms with Crippen LogP contribution in [0, 0.1) is 11.8 Å². The number of carbonyl (C=O) groups excluding carboxylic acids is 2. The molecule has 152 valence electrons. The molecular weight excluding hydrogens is 354 g/mol. The number of rotatable bonds is 3. The van der Waals surface area contributed by atoms with Gasteiger partial charge in [-0.3, -0.25) is 14.5 Å². The number of carbonyl (C=O) groups is 2. The van der Waals surface area contributed by atoms with Crippen molar-refractivity contribution >= 4 is 11.8 Å². The summed E-state index contributed by atoms with van der Waals surface area (Å²) in [6.07, 6.45) is 2.08. The number of benzene rings is 1. The van der Waals surface area contributed by atoms with Crippen LogP contribution < -0.4 is 4.74 Å². The first-order chi connectivity index (χ1) is 13.5. The molecule has 0 unspecified atom stereocenters. The van der Waals surface area contributed by atoms with E-state index < -0.39 is 0 Å². The summed E-state index contributed by atoms with van der Waals surface area (Å²) in [5, 5.41) is 0. The van der Waals surface area contributed by atoms with E-state index in [4.69, 9.17) is 4.74 Å². The average molecular weight is 386 g/mol. The number of piperidine rings is 1. The molecule has 0 radical (unpaired) electrons. The van der Waals surface area contributed by atoms with Gasteiger partial charge >= 0.3 is 0 Å². The van der Waals surface area contributed by atoms with Crippen LogP contribution in [0.25, 0.3) is 0 Å². The minimum absolute atomic E-state index is 0.0827. The quantitative estimate of drug-likeness (QED) is 0.797. The summed E-state index contributed by atoms with van der Waals surface area (Å²) in [7, 11) is 0. The van der Waals surface area contributed by atoms with Gasteiger partial charge < -0.3 is 14.5 Å². The van der Waals surface area contributed by atoms with E-state index >= 15 is 0 Å². The molecule has 2 amide bonds. The van der Waals surface area contributed by atoms with E-state index in [1.54, 1.807) is 0 Å². The van der Waals surface area contributed by atoms with E-state index in [2.05, 4.69) is 18.7 Å². The summed E-state index contributed by atoms with van der Waals surface area (Å²) in [6, 6.07) is 5.74. The molecule has 3 aliphatic rings. The molecule has 0 aliphatic carbocycles. The number of nitrogens with zero attached hydrogens (tertiary/aromatic N) is 3. The van der Waals surface area contributed by atoms with Crippen molar-refractivity contribution in [3.05, 3.63) is 29.3 Å². The first-order valence-electron chi connectivity index (χ1n) is 10.5. The molecule has 0 saturated carbocycles. The molecule has 3 heterocycles.